The summed E-state index contributed by atoms with van der Waals surface area (Å²) < 4.78 is 0. The van der Waals surface area contributed by atoms with Gasteiger partial charge in [0.2, 0.25) is 0 Å². The number of aromatic amines is 1. The Labute approximate surface area is 175 Å². The van der Waals surface area contributed by atoms with E-state index in [9.17, 15) is 4.79 Å². The lowest BCUT2D eigenvalue weighted by molar-refractivity contribution is 0.241. The highest BCUT2D eigenvalue weighted by molar-refractivity contribution is 5.58. The van der Waals surface area contributed by atoms with E-state index in [2.05, 4.69) is 39.1 Å². The number of aromatic nitrogens is 3. The van der Waals surface area contributed by atoms with E-state index in [4.69, 9.17) is 4.98 Å². The third-order valence-corrected chi connectivity index (χ3v) is 5.50. The second-order valence-electron chi connectivity index (χ2n) is 7.58. The van der Waals surface area contributed by atoms with E-state index in [1.54, 1.807) is 0 Å². The summed E-state index contributed by atoms with van der Waals surface area (Å²) in [6.07, 6.45) is 2.70. The van der Waals surface area contributed by atoms with Crippen molar-refractivity contribution in [1.29, 1.82) is 0 Å². The van der Waals surface area contributed by atoms with E-state index < -0.39 is 0 Å². The highest BCUT2D eigenvalue weighted by atomic mass is 16.1. The number of nitrogens with one attached hydrogen (secondary N) is 1. The molecule has 0 atom stereocenters. The Kier molecular flexibility index (Phi) is 4.95. The first-order valence-electron chi connectivity index (χ1n) is 10.2. The topological polar surface area (TPSA) is 61.9 Å². The van der Waals surface area contributed by atoms with Gasteiger partial charge in [0.15, 0.2) is 0 Å². The van der Waals surface area contributed by atoms with Gasteiger partial charge < -0.3 is 4.98 Å². The summed E-state index contributed by atoms with van der Waals surface area (Å²) in [5.74, 6) is 0.647. The SMILES string of the molecule is O=c1[nH]c(-c2ccccc2)nc2c1CN(Cc1ccc(-c3ccccc3)nc1)CC2. The molecule has 5 nitrogen and oxygen atoms in total. The number of H-pyrrole nitrogens is 1. The van der Waals surface area contributed by atoms with Crippen molar-refractivity contribution >= 4 is 0 Å². The standard InChI is InChI=1S/C25H22N4O/c30-25-21-17-29(14-13-23(21)27-24(28-25)20-9-5-2-6-10-20)16-18-11-12-22(26-15-18)19-7-3-1-4-8-19/h1-12,15H,13-14,16-17H2,(H,27,28,30). The number of rotatable bonds is 4. The Hall–Kier alpha value is -3.57. The molecule has 0 amide bonds. The van der Waals surface area contributed by atoms with E-state index in [0.717, 1.165) is 53.2 Å². The molecule has 0 unspecified atom stereocenters. The molecule has 5 rings (SSSR count). The number of benzene rings is 2. The van der Waals surface area contributed by atoms with Crippen LogP contribution < -0.4 is 5.56 Å². The van der Waals surface area contributed by atoms with E-state index >= 15 is 0 Å². The van der Waals surface area contributed by atoms with Crippen molar-refractivity contribution in [3.8, 4) is 22.6 Å². The normalized spacial score (nSPS) is 13.7. The maximum atomic E-state index is 12.7. The first kappa shape index (κ1) is 18.5. The first-order valence-corrected chi connectivity index (χ1v) is 10.2. The molecule has 0 saturated carbocycles. The average molecular weight is 394 g/mol. The Morgan fingerprint density at radius 3 is 2.33 bits per heavy atom. The van der Waals surface area contributed by atoms with Crippen LogP contribution in [0.5, 0.6) is 0 Å². The Morgan fingerprint density at radius 1 is 0.900 bits per heavy atom. The quantitative estimate of drug-likeness (QED) is 0.567. The molecule has 5 heteroatoms. The van der Waals surface area contributed by atoms with Crippen LogP contribution in [-0.4, -0.2) is 26.4 Å². The van der Waals surface area contributed by atoms with Gasteiger partial charge in [0.1, 0.15) is 5.82 Å². The molecule has 148 valence electrons. The molecule has 0 bridgehead atoms. The summed E-state index contributed by atoms with van der Waals surface area (Å²) in [4.78, 5) is 27.3. The van der Waals surface area contributed by atoms with Gasteiger partial charge >= 0.3 is 0 Å². The van der Waals surface area contributed by atoms with Crippen LogP contribution in [0.1, 0.15) is 16.8 Å². The van der Waals surface area contributed by atoms with Gasteiger partial charge in [-0.05, 0) is 11.6 Å². The molecule has 1 N–H and O–H groups in total. The van der Waals surface area contributed by atoms with Crippen molar-refractivity contribution in [2.24, 2.45) is 0 Å². The van der Waals surface area contributed by atoms with E-state index in [-0.39, 0.29) is 5.56 Å². The summed E-state index contributed by atoms with van der Waals surface area (Å²) in [6, 6.07) is 24.1. The molecule has 0 fully saturated rings. The number of fused-ring (bicyclic) bond motifs is 1. The minimum atomic E-state index is -0.0406. The second-order valence-corrected chi connectivity index (χ2v) is 7.58. The molecule has 30 heavy (non-hydrogen) atoms. The van der Waals surface area contributed by atoms with Gasteiger partial charge in [-0.25, -0.2) is 4.98 Å². The molecule has 4 aromatic rings. The number of nitrogens with zero attached hydrogens (tertiary/aromatic N) is 3. The van der Waals surface area contributed by atoms with Gasteiger partial charge in [-0.15, -0.1) is 0 Å². The van der Waals surface area contributed by atoms with Crippen LogP contribution >= 0.6 is 0 Å². The molecule has 0 saturated heterocycles. The lowest BCUT2D eigenvalue weighted by atomic mass is 10.1. The number of hydrogen-bond donors (Lipinski definition) is 1. The van der Waals surface area contributed by atoms with Gasteiger partial charge in [0.05, 0.1) is 17.0 Å². The van der Waals surface area contributed by atoms with Gasteiger partial charge in [-0.2, -0.15) is 0 Å². The third kappa shape index (κ3) is 3.80. The number of pyridine rings is 1. The zero-order valence-corrected chi connectivity index (χ0v) is 16.6. The van der Waals surface area contributed by atoms with Crippen LogP contribution in [0.2, 0.25) is 0 Å². The minimum absolute atomic E-state index is 0.0406. The minimum Gasteiger partial charge on any atom is -0.306 e. The van der Waals surface area contributed by atoms with Gasteiger partial charge in [-0.1, -0.05) is 66.7 Å². The number of hydrogen-bond acceptors (Lipinski definition) is 4. The predicted octanol–water partition coefficient (Wildman–Crippen LogP) is 4.06. The van der Waals surface area contributed by atoms with Crippen LogP contribution in [0.4, 0.5) is 0 Å². The molecular weight excluding hydrogens is 372 g/mol. The van der Waals surface area contributed by atoms with Crippen molar-refractivity contribution in [1.82, 2.24) is 19.9 Å². The zero-order chi connectivity index (χ0) is 20.3. The van der Waals surface area contributed by atoms with Crippen LogP contribution in [-0.2, 0) is 19.5 Å². The van der Waals surface area contributed by atoms with E-state index in [1.165, 1.54) is 0 Å². The van der Waals surface area contributed by atoms with Crippen LogP contribution in [0.15, 0.2) is 83.8 Å². The highest BCUT2D eigenvalue weighted by Crippen LogP contribution is 2.21. The summed E-state index contributed by atoms with van der Waals surface area (Å²) in [5.41, 5.74) is 5.80. The van der Waals surface area contributed by atoms with Crippen LogP contribution in [0.3, 0.4) is 0 Å². The summed E-state index contributed by atoms with van der Waals surface area (Å²) >= 11 is 0. The Balaban J connectivity index is 1.32. The fourth-order valence-corrected chi connectivity index (χ4v) is 3.90. The lowest BCUT2D eigenvalue weighted by Crippen LogP contribution is -2.35. The van der Waals surface area contributed by atoms with E-state index in [0.29, 0.717) is 12.4 Å². The summed E-state index contributed by atoms with van der Waals surface area (Å²) in [6.45, 7) is 2.24. The fraction of sp³-hybridized carbons (Fsp3) is 0.160. The van der Waals surface area contributed by atoms with Crippen molar-refractivity contribution < 1.29 is 0 Å². The Morgan fingerprint density at radius 2 is 1.63 bits per heavy atom. The average Bonchev–Trinajstić information content (AvgIpc) is 2.81. The van der Waals surface area contributed by atoms with Crippen molar-refractivity contribution in [2.45, 2.75) is 19.5 Å². The first-order chi connectivity index (χ1) is 14.8. The predicted molar refractivity (Wildman–Crippen MR) is 118 cm³/mol. The maximum absolute atomic E-state index is 12.7. The molecule has 3 heterocycles. The second kappa shape index (κ2) is 8.05. The third-order valence-electron chi connectivity index (χ3n) is 5.50. The van der Waals surface area contributed by atoms with Crippen LogP contribution in [0.25, 0.3) is 22.6 Å². The molecular formula is C25H22N4O. The molecule has 0 radical (unpaired) electrons. The molecule has 1 aliphatic heterocycles. The van der Waals surface area contributed by atoms with E-state index in [1.807, 2.05) is 54.7 Å². The molecule has 2 aromatic heterocycles. The van der Waals surface area contributed by atoms with Gasteiger partial charge in [-0.3, -0.25) is 14.7 Å². The molecule has 0 aliphatic carbocycles. The monoisotopic (exact) mass is 394 g/mol. The van der Waals surface area contributed by atoms with Gasteiger partial charge in [0.25, 0.3) is 5.56 Å². The molecule has 0 spiro atoms. The summed E-state index contributed by atoms with van der Waals surface area (Å²) in [5, 5.41) is 0. The Bertz CT molecular complexity index is 1200. The lowest BCUT2D eigenvalue weighted by Gasteiger charge is -2.27. The largest absolute Gasteiger partial charge is 0.306 e. The zero-order valence-electron chi connectivity index (χ0n) is 16.6. The van der Waals surface area contributed by atoms with Gasteiger partial charge in [0, 0.05) is 43.4 Å². The smallest absolute Gasteiger partial charge is 0.255 e. The fourth-order valence-electron chi connectivity index (χ4n) is 3.90. The summed E-state index contributed by atoms with van der Waals surface area (Å²) in [7, 11) is 0. The van der Waals surface area contributed by atoms with Crippen molar-refractivity contribution in [2.75, 3.05) is 6.54 Å². The molecule has 2 aromatic carbocycles. The highest BCUT2D eigenvalue weighted by Gasteiger charge is 2.21. The van der Waals surface area contributed by atoms with Crippen LogP contribution in [0, 0.1) is 0 Å². The van der Waals surface area contributed by atoms with Crippen molar-refractivity contribution in [3.05, 3.63) is 106 Å². The molecule has 1 aliphatic rings. The van der Waals surface area contributed by atoms with Crippen molar-refractivity contribution in [3.63, 3.8) is 0 Å². The maximum Gasteiger partial charge on any atom is 0.255 e.